The summed E-state index contributed by atoms with van der Waals surface area (Å²) >= 11 is 3.41. The molecule has 0 atom stereocenters. The third-order valence-corrected chi connectivity index (χ3v) is 3.53. The molecule has 0 aliphatic heterocycles. The topological polar surface area (TPSA) is 98.4 Å². The van der Waals surface area contributed by atoms with Crippen molar-refractivity contribution in [3.05, 3.63) is 22.2 Å². The van der Waals surface area contributed by atoms with Gasteiger partial charge in [-0.2, -0.15) is 0 Å². The van der Waals surface area contributed by atoms with Crippen molar-refractivity contribution in [2.75, 3.05) is 20.3 Å². The molecule has 0 aliphatic carbocycles. The summed E-state index contributed by atoms with van der Waals surface area (Å²) in [5, 5.41) is 11.3. The van der Waals surface area contributed by atoms with Crippen molar-refractivity contribution >= 4 is 21.8 Å². The summed E-state index contributed by atoms with van der Waals surface area (Å²) in [6.45, 7) is 4.48. The van der Waals surface area contributed by atoms with Crippen LogP contribution in [-0.2, 0) is 11.3 Å². The van der Waals surface area contributed by atoms with Crippen LogP contribution in [0.4, 0.5) is 0 Å². The second-order valence-corrected chi connectivity index (χ2v) is 6.27. The number of carbonyl (C=O) groups is 1. The molecule has 0 aliphatic rings. The molecule has 0 saturated carbocycles. The first-order valence-electron chi connectivity index (χ1n) is 6.52. The predicted octanol–water partition coefficient (Wildman–Crippen LogP) is 0.156. The van der Waals surface area contributed by atoms with Gasteiger partial charge in [0.15, 0.2) is 18.1 Å². The third-order valence-electron chi connectivity index (χ3n) is 2.95. The van der Waals surface area contributed by atoms with Crippen LogP contribution in [0.2, 0.25) is 0 Å². The molecule has 1 aromatic rings. The molecule has 1 rings (SSSR count). The molecule has 0 heterocycles. The summed E-state index contributed by atoms with van der Waals surface area (Å²) in [6, 6.07) is 3.73. The lowest BCUT2D eigenvalue weighted by Crippen LogP contribution is -2.95. The van der Waals surface area contributed by atoms with Crippen LogP contribution in [-0.4, -0.2) is 36.9 Å². The number of aliphatic hydroxyl groups is 1. The van der Waals surface area contributed by atoms with Crippen molar-refractivity contribution in [3.63, 3.8) is 0 Å². The molecule has 6 nitrogen and oxygen atoms in total. The number of methoxy groups -OCH3 is 1. The highest BCUT2D eigenvalue weighted by atomic mass is 79.9. The first-order valence-corrected chi connectivity index (χ1v) is 7.31. The van der Waals surface area contributed by atoms with Crippen molar-refractivity contribution in [2.45, 2.75) is 25.9 Å². The molecule has 0 radical (unpaired) electrons. The Balaban J connectivity index is 2.90. The maximum Gasteiger partial charge on any atom is 0.255 e. The SMILES string of the molecule is COc1cc(C[NH2+]C(C)(C)CO)cc(Br)c1OCC(N)=O. The fourth-order valence-corrected chi connectivity index (χ4v) is 2.24. The highest BCUT2D eigenvalue weighted by molar-refractivity contribution is 9.10. The highest BCUT2D eigenvalue weighted by Gasteiger charge is 2.20. The quantitative estimate of drug-likeness (QED) is 0.613. The van der Waals surface area contributed by atoms with Crippen molar-refractivity contribution < 1.29 is 24.7 Å². The van der Waals surface area contributed by atoms with E-state index in [4.69, 9.17) is 15.2 Å². The van der Waals surface area contributed by atoms with E-state index in [9.17, 15) is 9.90 Å². The van der Waals surface area contributed by atoms with Gasteiger partial charge >= 0.3 is 0 Å². The van der Waals surface area contributed by atoms with Gasteiger partial charge in [-0.25, -0.2) is 0 Å². The molecule has 1 aromatic carbocycles. The first-order chi connectivity index (χ1) is 9.79. The second kappa shape index (κ2) is 7.63. The van der Waals surface area contributed by atoms with Gasteiger partial charge in [0.1, 0.15) is 12.1 Å². The van der Waals surface area contributed by atoms with Crippen molar-refractivity contribution in [1.29, 1.82) is 0 Å². The van der Waals surface area contributed by atoms with E-state index < -0.39 is 5.91 Å². The molecular formula is C14H22BrN2O4+. The number of amides is 1. The fraction of sp³-hybridized carbons (Fsp3) is 0.500. The third kappa shape index (κ3) is 5.53. The largest absolute Gasteiger partial charge is 0.493 e. The van der Waals surface area contributed by atoms with Gasteiger partial charge in [-0.3, -0.25) is 4.79 Å². The number of carbonyl (C=O) groups excluding carboxylic acids is 1. The number of primary amides is 1. The Labute approximate surface area is 132 Å². The fourth-order valence-electron chi connectivity index (χ4n) is 1.63. The van der Waals surface area contributed by atoms with E-state index in [2.05, 4.69) is 15.9 Å². The van der Waals surface area contributed by atoms with Crippen LogP contribution in [0, 0.1) is 0 Å². The summed E-state index contributed by atoms with van der Waals surface area (Å²) in [5.41, 5.74) is 5.83. The monoisotopic (exact) mass is 361 g/mol. The molecule has 1 amide bonds. The number of halogens is 1. The predicted molar refractivity (Wildman–Crippen MR) is 82.2 cm³/mol. The Morgan fingerprint density at radius 1 is 1.48 bits per heavy atom. The Bertz CT molecular complexity index is 506. The van der Waals surface area contributed by atoms with Gasteiger partial charge in [-0.15, -0.1) is 0 Å². The minimum Gasteiger partial charge on any atom is -0.493 e. The Kier molecular flexibility index (Phi) is 6.44. The smallest absolute Gasteiger partial charge is 0.255 e. The van der Waals surface area contributed by atoms with Gasteiger partial charge in [0.05, 0.1) is 18.2 Å². The Morgan fingerprint density at radius 3 is 2.67 bits per heavy atom. The molecule has 118 valence electrons. The standard InChI is InChI=1S/C14H21BrN2O4/c1-14(2,8-18)17-6-9-4-10(15)13(11(5-9)20-3)21-7-12(16)19/h4-5,17-18H,6-8H2,1-3H3,(H2,16,19)/p+1. The molecule has 5 N–H and O–H groups in total. The number of nitrogens with two attached hydrogens (primary N) is 2. The molecule has 0 spiro atoms. The van der Waals surface area contributed by atoms with E-state index in [0.29, 0.717) is 22.5 Å². The van der Waals surface area contributed by atoms with E-state index in [0.717, 1.165) is 5.56 Å². The highest BCUT2D eigenvalue weighted by Crippen LogP contribution is 2.36. The molecule has 0 unspecified atom stereocenters. The minimum absolute atomic E-state index is 0.0884. The average molecular weight is 362 g/mol. The van der Waals surface area contributed by atoms with Crippen LogP contribution in [0.15, 0.2) is 16.6 Å². The molecule has 0 fully saturated rings. The van der Waals surface area contributed by atoms with Crippen molar-refractivity contribution in [3.8, 4) is 11.5 Å². The lowest BCUT2D eigenvalue weighted by atomic mass is 10.1. The van der Waals surface area contributed by atoms with E-state index in [1.165, 1.54) is 7.11 Å². The number of aliphatic hydroxyl groups excluding tert-OH is 1. The summed E-state index contributed by atoms with van der Waals surface area (Å²) in [5.74, 6) is 0.420. The summed E-state index contributed by atoms with van der Waals surface area (Å²) in [7, 11) is 1.53. The molecule has 7 heteroatoms. The maximum absolute atomic E-state index is 10.8. The van der Waals surface area contributed by atoms with Gasteiger partial charge < -0.3 is 25.6 Å². The average Bonchev–Trinajstić information content (AvgIpc) is 2.43. The van der Waals surface area contributed by atoms with Gasteiger partial charge in [-0.1, -0.05) is 0 Å². The molecule has 0 aromatic heterocycles. The molecule has 21 heavy (non-hydrogen) atoms. The Morgan fingerprint density at radius 2 is 2.14 bits per heavy atom. The number of hydrogen-bond acceptors (Lipinski definition) is 4. The van der Waals surface area contributed by atoms with Crippen LogP contribution >= 0.6 is 15.9 Å². The van der Waals surface area contributed by atoms with Crippen molar-refractivity contribution in [2.24, 2.45) is 5.73 Å². The summed E-state index contributed by atoms with van der Waals surface area (Å²) in [6.07, 6.45) is 0. The normalized spacial score (nSPS) is 11.3. The van der Waals surface area contributed by atoms with E-state index in [1.807, 2.05) is 31.3 Å². The number of hydrogen-bond donors (Lipinski definition) is 3. The number of rotatable bonds is 8. The maximum atomic E-state index is 10.8. The van der Waals surface area contributed by atoms with E-state index in [-0.39, 0.29) is 18.8 Å². The molecule has 0 saturated heterocycles. The number of quaternary nitrogens is 1. The minimum atomic E-state index is -0.550. The van der Waals surface area contributed by atoms with Gasteiger partial charge in [-0.05, 0) is 41.9 Å². The number of ether oxygens (including phenoxy) is 2. The Hall–Kier alpha value is -1.31. The zero-order chi connectivity index (χ0) is 16.0. The lowest BCUT2D eigenvalue weighted by molar-refractivity contribution is -0.736. The van der Waals surface area contributed by atoms with Crippen LogP contribution < -0.4 is 20.5 Å². The van der Waals surface area contributed by atoms with E-state index >= 15 is 0 Å². The summed E-state index contributed by atoms with van der Waals surface area (Å²) < 4.78 is 11.3. The zero-order valence-electron chi connectivity index (χ0n) is 12.5. The van der Waals surface area contributed by atoms with Gasteiger partial charge in [0, 0.05) is 5.56 Å². The van der Waals surface area contributed by atoms with Crippen LogP contribution in [0.25, 0.3) is 0 Å². The molecular weight excluding hydrogens is 340 g/mol. The van der Waals surface area contributed by atoms with Crippen LogP contribution in [0.3, 0.4) is 0 Å². The van der Waals surface area contributed by atoms with Gasteiger partial charge in [0.25, 0.3) is 5.91 Å². The van der Waals surface area contributed by atoms with Gasteiger partial charge in [0.2, 0.25) is 0 Å². The number of benzene rings is 1. The van der Waals surface area contributed by atoms with Crippen LogP contribution in [0.1, 0.15) is 19.4 Å². The zero-order valence-corrected chi connectivity index (χ0v) is 14.1. The van der Waals surface area contributed by atoms with Crippen LogP contribution in [0.5, 0.6) is 11.5 Å². The second-order valence-electron chi connectivity index (χ2n) is 5.42. The first kappa shape index (κ1) is 17.7. The van der Waals surface area contributed by atoms with E-state index in [1.54, 1.807) is 0 Å². The summed E-state index contributed by atoms with van der Waals surface area (Å²) in [4.78, 5) is 10.8. The molecule has 0 bridgehead atoms. The lowest BCUT2D eigenvalue weighted by Gasteiger charge is -2.20. The van der Waals surface area contributed by atoms with Crippen molar-refractivity contribution in [1.82, 2.24) is 0 Å².